The van der Waals surface area contributed by atoms with Gasteiger partial charge in [-0.25, -0.2) is 0 Å². The number of rotatable bonds is 23. The van der Waals surface area contributed by atoms with E-state index in [1.54, 1.807) is 12.1 Å². The molecule has 2 aliphatic heterocycles. The lowest BCUT2D eigenvalue weighted by atomic mass is 9.65. The van der Waals surface area contributed by atoms with Crippen LogP contribution in [0.2, 0.25) is 0 Å². The molecule has 0 aromatic heterocycles. The highest BCUT2D eigenvalue weighted by molar-refractivity contribution is 5.81. The minimum absolute atomic E-state index is 0.0680. The van der Waals surface area contributed by atoms with E-state index < -0.39 is 17.9 Å². The number of cyclic esters (lactones) is 1. The lowest BCUT2D eigenvalue weighted by molar-refractivity contribution is -0.141. The highest BCUT2D eigenvalue weighted by Crippen LogP contribution is 2.55. The fraction of sp³-hybridized carbons (Fsp3) is 0.632. The lowest BCUT2D eigenvalue weighted by Gasteiger charge is -2.39. The summed E-state index contributed by atoms with van der Waals surface area (Å²) in [6.45, 7) is 7.11. The van der Waals surface area contributed by atoms with Crippen molar-refractivity contribution in [3.05, 3.63) is 41.0 Å². The number of nitrogens with one attached hydrogen (secondary N) is 4. The molecule has 1 amide bonds. The molecule has 1 fully saturated rings. The first-order valence-corrected chi connectivity index (χ1v) is 18.6. The molecule has 1 aliphatic carbocycles. The number of benzene rings is 2. The van der Waals surface area contributed by atoms with Gasteiger partial charge in [0.25, 0.3) is 0 Å². The number of phenolic OH excluding ortho intramolecular Hbond substituents is 1. The average Bonchev–Trinajstić information content (AvgIpc) is 3.76. The smallest absolute Gasteiger partial charge is 0.310 e. The zero-order valence-electron chi connectivity index (χ0n) is 30.2. The normalized spacial score (nSPS) is 20.1. The van der Waals surface area contributed by atoms with Gasteiger partial charge in [-0.15, -0.1) is 0 Å². The molecule has 13 heteroatoms. The van der Waals surface area contributed by atoms with Crippen molar-refractivity contribution in [2.75, 3.05) is 73.4 Å². The van der Waals surface area contributed by atoms with Gasteiger partial charge in [0.15, 0.2) is 23.0 Å². The van der Waals surface area contributed by atoms with Gasteiger partial charge in [-0.1, -0.05) is 0 Å². The SMILES string of the molecule is COc1cc(C2c3cc4c(cc3[C@@H](NC(=O)CCCCNCCCCNCCCCNCCCCN)[C@H]3COC(=O)[C@H]23)OCO4)cc(OC)c1O. The Labute approximate surface area is 301 Å². The molecule has 5 rings (SSSR count). The van der Waals surface area contributed by atoms with Crippen LogP contribution in [0.25, 0.3) is 0 Å². The number of nitrogens with two attached hydrogens (primary N) is 1. The number of unbranched alkanes of at least 4 members (excludes halogenated alkanes) is 4. The third-order valence-electron chi connectivity index (χ3n) is 10.1. The molecule has 3 aliphatic rings. The van der Waals surface area contributed by atoms with Crippen LogP contribution in [0.3, 0.4) is 0 Å². The van der Waals surface area contributed by atoms with E-state index in [2.05, 4.69) is 21.3 Å². The summed E-state index contributed by atoms with van der Waals surface area (Å²) in [4.78, 5) is 26.7. The third-order valence-corrected chi connectivity index (χ3v) is 10.1. The summed E-state index contributed by atoms with van der Waals surface area (Å²) in [6.07, 6.45) is 8.91. The van der Waals surface area contributed by atoms with E-state index in [4.69, 9.17) is 29.4 Å². The number of hydrogen-bond donors (Lipinski definition) is 6. The standard InChI is InChI=1S/C38H57N5O8/c1-47-31-19-25(20-32(48-2)37(31)45)34-26-21-29-30(51-24-50-29)22-27(26)36(28-23-49-38(46)35(28)34)43-33(44)11-3-5-13-40-15-7-9-17-42-18-10-8-16-41-14-6-4-12-39/h19-22,28,34-36,40-42,45H,3-18,23-24,39H2,1-2H3,(H,43,44)/t28-,34?,35-,36+/m0/s1. The van der Waals surface area contributed by atoms with E-state index in [1.807, 2.05) is 12.1 Å². The number of carbonyl (C=O) groups is 2. The fourth-order valence-electron chi connectivity index (χ4n) is 7.39. The van der Waals surface area contributed by atoms with Crippen molar-refractivity contribution in [2.45, 2.75) is 69.7 Å². The molecule has 2 aromatic rings. The Morgan fingerprint density at radius 2 is 1.31 bits per heavy atom. The Morgan fingerprint density at radius 3 is 1.86 bits per heavy atom. The fourth-order valence-corrected chi connectivity index (χ4v) is 7.39. The van der Waals surface area contributed by atoms with Crippen molar-refractivity contribution >= 4 is 11.9 Å². The predicted octanol–water partition coefficient (Wildman–Crippen LogP) is 3.47. The quantitative estimate of drug-likeness (QED) is 0.0733. The van der Waals surface area contributed by atoms with Crippen LogP contribution in [0.4, 0.5) is 0 Å². The number of methoxy groups -OCH3 is 2. The van der Waals surface area contributed by atoms with Crippen LogP contribution < -0.4 is 45.9 Å². The summed E-state index contributed by atoms with van der Waals surface area (Å²) in [5.41, 5.74) is 7.91. The Hall–Kier alpha value is -3.78. The monoisotopic (exact) mass is 711 g/mol. The van der Waals surface area contributed by atoms with Gasteiger partial charge < -0.3 is 55.8 Å². The molecule has 4 atom stereocenters. The van der Waals surface area contributed by atoms with Gasteiger partial charge in [0.05, 0.1) is 32.8 Å². The van der Waals surface area contributed by atoms with Crippen molar-refractivity contribution in [3.63, 3.8) is 0 Å². The Balaban J connectivity index is 1.09. The first kappa shape index (κ1) is 38.5. The minimum atomic E-state index is -0.583. The number of hydrogen-bond acceptors (Lipinski definition) is 12. The van der Waals surface area contributed by atoms with E-state index in [0.29, 0.717) is 17.9 Å². The first-order valence-electron chi connectivity index (χ1n) is 18.6. The maximum absolute atomic E-state index is 13.4. The van der Waals surface area contributed by atoms with Crippen LogP contribution in [0.1, 0.15) is 86.4 Å². The van der Waals surface area contributed by atoms with Gasteiger partial charge in [0.1, 0.15) is 0 Å². The Kier molecular flexibility index (Phi) is 14.9. The molecule has 0 saturated carbocycles. The molecule has 1 saturated heterocycles. The summed E-state index contributed by atoms with van der Waals surface area (Å²) in [6, 6.07) is 6.79. The molecule has 7 N–H and O–H groups in total. The number of ether oxygens (including phenoxy) is 5. The molecule has 2 heterocycles. The maximum atomic E-state index is 13.4. The number of aromatic hydroxyl groups is 1. The van der Waals surface area contributed by atoms with Crippen molar-refractivity contribution in [2.24, 2.45) is 17.6 Å². The molecule has 2 aromatic carbocycles. The third kappa shape index (κ3) is 9.97. The second kappa shape index (κ2) is 19.7. The Bertz CT molecular complexity index is 1420. The number of fused-ring (bicyclic) bond motifs is 3. The first-order chi connectivity index (χ1) is 25.0. The summed E-state index contributed by atoms with van der Waals surface area (Å²) in [5.74, 6) is -0.246. The highest BCUT2D eigenvalue weighted by atomic mass is 16.7. The van der Waals surface area contributed by atoms with Crippen molar-refractivity contribution in [3.8, 4) is 28.7 Å². The van der Waals surface area contributed by atoms with Gasteiger partial charge in [-0.2, -0.15) is 0 Å². The molecule has 0 radical (unpaired) electrons. The van der Waals surface area contributed by atoms with E-state index in [0.717, 1.165) is 101 Å². The van der Waals surface area contributed by atoms with Gasteiger partial charge in [-0.05, 0) is 138 Å². The van der Waals surface area contributed by atoms with Crippen LogP contribution >= 0.6 is 0 Å². The van der Waals surface area contributed by atoms with E-state index in [9.17, 15) is 14.7 Å². The summed E-state index contributed by atoms with van der Waals surface area (Å²) < 4.78 is 28.0. The van der Waals surface area contributed by atoms with E-state index in [1.165, 1.54) is 27.1 Å². The predicted molar refractivity (Wildman–Crippen MR) is 194 cm³/mol. The number of esters is 1. The maximum Gasteiger partial charge on any atom is 0.310 e. The molecule has 0 bridgehead atoms. The minimum Gasteiger partial charge on any atom is -0.502 e. The largest absolute Gasteiger partial charge is 0.502 e. The average molecular weight is 712 g/mol. The van der Waals surface area contributed by atoms with Crippen LogP contribution in [0.5, 0.6) is 28.7 Å². The zero-order valence-corrected chi connectivity index (χ0v) is 30.2. The van der Waals surface area contributed by atoms with Gasteiger partial charge in [0.2, 0.25) is 18.4 Å². The second-order valence-corrected chi connectivity index (χ2v) is 13.6. The van der Waals surface area contributed by atoms with Gasteiger partial charge in [0, 0.05) is 18.3 Å². The topological polar surface area (TPSA) is 175 Å². The van der Waals surface area contributed by atoms with Crippen LogP contribution in [0.15, 0.2) is 24.3 Å². The van der Waals surface area contributed by atoms with Crippen LogP contribution in [0, 0.1) is 11.8 Å². The Morgan fingerprint density at radius 1 is 0.784 bits per heavy atom. The molecular formula is C38H57N5O8. The lowest BCUT2D eigenvalue weighted by Crippen LogP contribution is -2.42. The summed E-state index contributed by atoms with van der Waals surface area (Å²) >= 11 is 0. The van der Waals surface area contributed by atoms with Crippen molar-refractivity contribution in [1.82, 2.24) is 21.3 Å². The zero-order chi connectivity index (χ0) is 36.0. The van der Waals surface area contributed by atoms with E-state index >= 15 is 0 Å². The highest BCUT2D eigenvalue weighted by Gasteiger charge is 2.53. The number of amides is 1. The van der Waals surface area contributed by atoms with Gasteiger partial charge in [-0.3, -0.25) is 9.59 Å². The number of phenols is 1. The second-order valence-electron chi connectivity index (χ2n) is 13.6. The van der Waals surface area contributed by atoms with Crippen molar-refractivity contribution < 1.29 is 38.4 Å². The molecule has 282 valence electrons. The molecule has 13 nitrogen and oxygen atoms in total. The van der Waals surface area contributed by atoms with Crippen LogP contribution in [-0.2, 0) is 14.3 Å². The van der Waals surface area contributed by atoms with E-state index in [-0.39, 0.29) is 48.4 Å². The molecule has 51 heavy (non-hydrogen) atoms. The van der Waals surface area contributed by atoms with Crippen LogP contribution in [-0.4, -0.2) is 90.4 Å². The van der Waals surface area contributed by atoms with Gasteiger partial charge >= 0.3 is 5.97 Å². The molecule has 1 unspecified atom stereocenters. The molecule has 0 spiro atoms. The number of carbonyl (C=O) groups excluding carboxylic acids is 2. The summed E-state index contributed by atoms with van der Waals surface area (Å²) in [7, 11) is 2.93. The summed E-state index contributed by atoms with van der Waals surface area (Å²) in [5, 5.41) is 24.4. The van der Waals surface area contributed by atoms with Crippen molar-refractivity contribution in [1.29, 1.82) is 0 Å². The molecular weight excluding hydrogens is 654 g/mol.